The van der Waals surface area contributed by atoms with Crippen LogP contribution in [0, 0.1) is 0 Å². The number of hydrogen-bond acceptors (Lipinski definition) is 4. The molecule has 0 fully saturated rings. The molecular weight excluding hydrogens is 318 g/mol. The van der Waals surface area contributed by atoms with E-state index in [1.165, 1.54) is 0 Å². The van der Waals surface area contributed by atoms with Crippen molar-refractivity contribution in [3.8, 4) is 11.6 Å². The van der Waals surface area contributed by atoms with Crippen molar-refractivity contribution in [2.24, 2.45) is 0 Å². The molecule has 0 radical (unpaired) electrons. The van der Waals surface area contributed by atoms with Crippen LogP contribution in [0.5, 0.6) is 11.6 Å². The Morgan fingerprint density at radius 3 is 2.55 bits per heavy atom. The molecule has 1 aromatic carbocycles. The van der Waals surface area contributed by atoms with Crippen molar-refractivity contribution in [3.05, 3.63) is 40.5 Å². The van der Waals surface area contributed by atoms with Gasteiger partial charge in [-0.1, -0.05) is 39.0 Å². The van der Waals surface area contributed by atoms with E-state index in [0.29, 0.717) is 11.8 Å². The molecule has 0 aliphatic carbocycles. The van der Waals surface area contributed by atoms with E-state index >= 15 is 0 Å². The molecular formula is C15H18BrN3O. The van der Waals surface area contributed by atoms with Crippen molar-refractivity contribution < 1.29 is 4.74 Å². The highest BCUT2D eigenvalue weighted by molar-refractivity contribution is 9.10. The van der Waals surface area contributed by atoms with E-state index in [1.807, 2.05) is 18.2 Å². The number of para-hydroxylation sites is 1. The van der Waals surface area contributed by atoms with Crippen LogP contribution in [0.1, 0.15) is 26.3 Å². The zero-order valence-electron chi connectivity index (χ0n) is 12.1. The van der Waals surface area contributed by atoms with Crippen molar-refractivity contribution in [1.29, 1.82) is 0 Å². The molecule has 2 rings (SSSR count). The Hall–Kier alpha value is -1.62. The van der Waals surface area contributed by atoms with Crippen LogP contribution in [-0.2, 0) is 5.41 Å². The lowest BCUT2D eigenvalue weighted by Crippen LogP contribution is -2.12. The van der Waals surface area contributed by atoms with Crippen LogP contribution in [-0.4, -0.2) is 17.0 Å². The van der Waals surface area contributed by atoms with Crippen molar-refractivity contribution in [2.75, 3.05) is 12.4 Å². The first-order valence-corrected chi connectivity index (χ1v) is 7.19. The minimum Gasteiger partial charge on any atom is -0.437 e. The standard InChI is InChI=1S/C15H18BrN3O/c1-15(2,3)10-7-5-6-8-12(10)20-13-11(16)9-18-14(17-4)19-13/h5-9H,1-4H3,(H,17,18,19). The van der Waals surface area contributed by atoms with E-state index < -0.39 is 0 Å². The lowest BCUT2D eigenvalue weighted by Gasteiger charge is -2.22. The highest BCUT2D eigenvalue weighted by Gasteiger charge is 2.19. The second-order valence-electron chi connectivity index (χ2n) is 5.44. The molecule has 0 saturated carbocycles. The van der Waals surface area contributed by atoms with Crippen molar-refractivity contribution in [1.82, 2.24) is 9.97 Å². The van der Waals surface area contributed by atoms with E-state index in [-0.39, 0.29) is 5.41 Å². The Balaban J connectivity index is 2.40. The molecule has 0 unspecified atom stereocenters. The fourth-order valence-electron chi connectivity index (χ4n) is 1.82. The van der Waals surface area contributed by atoms with Gasteiger partial charge in [0.15, 0.2) is 0 Å². The SMILES string of the molecule is CNc1ncc(Br)c(Oc2ccccc2C(C)(C)C)n1. The second kappa shape index (κ2) is 5.79. The summed E-state index contributed by atoms with van der Waals surface area (Å²) in [6.45, 7) is 6.47. The van der Waals surface area contributed by atoms with Crippen molar-refractivity contribution >= 4 is 21.9 Å². The van der Waals surface area contributed by atoms with Gasteiger partial charge >= 0.3 is 0 Å². The number of ether oxygens (including phenoxy) is 1. The Kier molecular flexibility index (Phi) is 4.28. The minimum atomic E-state index is 0.00192. The predicted octanol–water partition coefficient (Wildman–Crippen LogP) is 4.37. The maximum absolute atomic E-state index is 5.97. The third-order valence-corrected chi connectivity index (χ3v) is 3.38. The first kappa shape index (κ1) is 14.8. The van der Waals surface area contributed by atoms with Gasteiger partial charge in [0, 0.05) is 12.6 Å². The smallest absolute Gasteiger partial charge is 0.238 e. The van der Waals surface area contributed by atoms with Gasteiger partial charge in [-0.05, 0) is 27.4 Å². The van der Waals surface area contributed by atoms with Crippen LogP contribution in [0.25, 0.3) is 0 Å². The normalized spacial score (nSPS) is 11.2. The van der Waals surface area contributed by atoms with E-state index in [0.717, 1.165) is 15.8 Å². The molecule has 0 spiro atoms. The zero-order valence-corrected chi connectivity index (χ0v) is 13.7. The van der Waals surface area contributed by atoms with Gasteiger partial charge in [-0.2, -0.15) is 4.98 Å². The number of halogens is 1. The number of hydrogen-bond donors (Lipinski definition) is 1. The molecule has 1 aromatic heterocycles. The van der Waals surface area contributed by atoms with Gasteiger partial charge in [0.25, 0.3) is 0 Å². The monoisotopic (exact) mass is 335 g/mol. The molecule has 4 nitrogen and oxygen atoms in total. The summed E-state index contributed by atoms with van der Waals surface area (Å²) in [4.78, 5) is 8.44. The Morgan fingerprint density at radius 1 is 1.20 bits per heavy atom. The molecule has 0 aliphatic heterocycles. The van der Waals surface area contributed by atoms with Crippen LogP contribution in [0.2, 0.25) is 0 Å². The van der Waals surface area contributed by atoms with Crippen molar-refractivity contribution in [2.45, 2.75) is 26.2 Å². The van der Waals surface area contributed by atoms with E-state index in [4.69, 9.17) is 4.74 Å². The number of anilines is 1. The lowest BCUT2D eigenvalue weighted by molar-refractivity contribution is 0.437. The molecule has 0 amide bonds. The van der Waals surface area contributed by atoms with Crippen molar-refractivity contribution in [3.63, 3.8) is 0 Å². The van der Waals surface area contributed by atoms with Crippen LogP contribution < -0.4 is 10.1 Å². The van der Waals surface area contributed by atoms with Gasteiger partial charge < -0.3 is 10.1 Å². The summed E-state index contributed by atoms with van der Waals surface area (Å²) < 4.78 is 6.69. The summed E-state index contributed by atoms with van der Waals surface area (Å²) in [6.07, 6.45) is 1.67. The number of aromatic nitrogens is 2. The van der Waals surface area contributed by atoms with Gasteiger partial charge in [-0.25, -0.2) is 4.98 Å². The predicted molar refractivity (Wildman–Crippen MR) is 84.5 cm³/mol. The average molecular weight is 336 g/mol. The van der Waals surface area contributed by atoms with Crippen LogP contribution >= 0.6 is 15.9 Å². The van der Waals surface area contributed by atoms with E-state index in [2.05, 4.69) is 58.1 Å². The second-order valence-corrected chi connectivity index (χ2v) is 6.30. The van der Waals surface area contributed by atoms with Gasteiger partial charge in [0.2, 0.25) is 11.8 Å². The van der Waals surface area contributed by atoms with E-state index in [1.54, 1.807) is 13.2 Å². The van der Waals surface area contributed by atoms with Crippen LogP contribution in [0.3, 0.4) is 0 Å². The fourth-order valence-corrected chi connectivity index (χ4v) is 2.09. The molecule has 1 heterocycles. The maximum atomic E-state index is 5.97. The molecule has 0 saturated heterocycles. The minimum absolute atomic E-state index is 0.00192. The number of nitrogens with one attached hydrogen (secondary N) is 1. The van der Waals surface area contributed by atoms with Gasteiger partial charge in [0.1, 0.15) is 5.75 Å². The molecule has 0 bridgehead atoms. The average Bonchev–Trinajstić information content (AvgIpc) is 2.41. The van der Waals surface area contributed by atoms with Gasteiger partial charge in [-0.3, -0.25) is 0 Å². The van der Waals surface area contributed by atoms with Gasteiger partial charge in [0.05, 0.1) is 10.7 Å². The molecule has 1 N–H and O–H groups in total. The first-order chi connectivity index (χ1) is 9.41. The molecule has 2 aromatic rings. The number of rotatable bonds is 3. The Bertz CT molecular complexity index is 608. The molecule has 20 heavy (non-hydrogen) atoms. The quantitative estimate of drug-likeness (QED) is 0.904. The highest BCUT2D eigenvalue weighted by atomic mass is 79.9. The Morgan fingerprint density at radius 2 is 1.90 bits per heavy atom. The molecule has 106 valence electrons. The zero-order chi connectivity index (χ0) is 14.8. The molecule has 5 heteroatoms. The van der Waals surface area contributed by atoms with E-state index in [9.17, 15) is 0 Å². The topological polar surface area (TPSA) is 47.0 Å². The fraction of sp³-hybridized carbons (Fsp3) is 0.333. The summed E-state index contributed by atoms with van der Waals surface area (Å²) in [5.41, 5.74) is 1.14. The number of benzene rings is 1. The highest BCUT2D eigenvalue weighted by Crippen LogP contribution is 2.35. The Labute approximate surface area is 127 Å². The van der Waals surface area contributed by atoms with Crippen LogP contribution in [0.15, 0.2) is 34.9 Å². The van der Waals surface area contributed by atoms with Crippen LogP contribution in [0.4, 0.5) is 5.95 Å². The summed E-state index contributed by atoms with van der Waals surface area (Å²) in [5, 5.41) is 2.90. The molecule has 0 aliphatic rings. The number of nitrogens with zero attached hydrogens (tertiary/aromatic N) is 2. The van der Waals surface area contributed by atoms with Gasteiger partial charge in [-0.15, -0.1) is 0 Å². The summed E-state index contributed by atoms with van der Waals surface area (Å²) >= 11 is 3.41. The summed E-state index contributed by atoms with van der Waals surface area (Å²) in [6, 6.07) is 8.00. The largest absolute Gasteiger partial charge is 0.437 e. The maximum Gasteiger partial charge on any atom is 0.238 e. The summed E-state index contributed by atoms with van der Waals surface area (Å²) in [7, 11) is 1.77. The third kappa shape index (κ3) is 3.28. The first-order valence-electron chi connectivity index (χ1n) is 6.39. The third-order valence-electron chi connectivity index (χ3n) is 2.84. The lowest BCUT2D eigenvalue weighted by atomic mass is 9.86. The molecule has 0 atom stereocenters. The summed E-state index contributed by atoms with van der Waals surface area (Å²) in [5.74, 6) is 1.83.